The first kappa shape index (κ1) is 11.9. The average Bonchev–Trinajstić information content (AvgIpc) is 2.04. The van der Waals surface area contributed by atoms with Gasteiger partial charge < -0.3 is 14.9 Å². The van der Waals surface area contributed by atoms with Crippen molar-refractivity contribution in [2.45, 2.75) is 38.9 Å². The summed E-state index contributed by atoms with van der Waals surface area (Å²) in [5.41, 5.74) is 0. The Hall–Kier alpha value is -1.10. The molecular formula is C8H14O5. The summed E-state index contributed by atoms with van der Waals surface area (Å²) in [4.78, 5) is 20.4. The molecule has 76 valence electrons. The molecule has 0 aromatic rings. The Bertz CT molecular complexity index is 177. The second kappa shape index (κ2) is 6.42. The molecule has 0 rings (SSSR count). The van der Waals surface area contributed by atoms with Gasteiger partial charge in [0, 0.05) is 6.42 Å². The molecule has 0 aliphatic heterocycles. The van der Waals surface area contributed by atoms with Crippen molar-refractivity contribution < 1.29 is 24.5 Å². The first-order valence-electron chi connectivity index (χ1n) is 4.20. The molecule has 5 nitrogen and oxygen atoms in total. The summed E-state index contributed by atoms with van der Waals surface area (Å²) < 4.78 is 4.18. The first-order chi connectivity index (χ1) is 6.07. The Labute approximate surface area is 76.3 Å². The predicted molar refractivity (Wildman–Crippen MR) is 43.9 cm³/mol. The van der Waals surface area contributed by atoms with Gasteiger partial charge in [-0.05, 0) is 6.42 Å². The third-order valence-electron chi connectivity index (χ3n) is 1.47. The van der Waals surface area contributed by atoms with E-state index < -0.39 is 18.2 Å². The number of esters is 1. The normalized spacial score (nSPS) is 12.2. The van der Waals surface area contributed by atoms with Gasteiger partial charge in [-0.1, -0.05) is 19.8 Å². The van der Waals surface area contributed by atoms with Crippen LogP contribution >= 0.6 is 0 Å². The molecule has 1 atom stereocenters. The fourth-order valence-corrected chi connectivity index (χ4v) is 0.802. The Morgan fingerprint density at radius 3 is 2.46 bits per heavy atom. The minimum absolute atomic E-state index is 0.285. The molecule has 0 radical (unpaired) electrons. The van der Waals surface area contributed by atoms with Gasteiger partial charge in [-0.25, -0.2) is 9.59 Å². The molecule has 0 spiro atoms. The van der Waals surface area contributed by atoms with E-state index in [-0.39, 0.29) is 6.42 Å². The molecule has 1 unspecified atom stereocenters. The number of carbonyl (C=O) groups is 2. The largest absolute Gasteiger partial charge is 0.473 e. The molecular weight excluding hydrogens is 176 g/mol. The van der Waals surface area contributed by atoms with Crippen molar-refractivity contribution in [2.24, 2.45) is 0 Å². The monoisotopic (exact) mass is 190 g/mol. The molecule has 0 saturated carbocycles. The van der Waals surface area contributed by atoms with E-state index in [0.29, 0.717) is 6.42 Å². The van der Waals surface area contributed by atoms with Gasteiger partial charge in [0.05, 0.1) is 0 Å². The zero-order valence-corrected chi connectivity index (χ0v) is 7.52. The summed E-state index contributed by atoms with van der Waals surface area (Å²) in [6.07, 6.45) is 1.61. The smallest absolute Gasteiger partial charge is 0.419 e. The van der Waals surface area contributed by atoms with Gasteiger partial charge >= 0.3 is 11.9 Å². The van der Waals surface area contributed by atoms with Crippen molar-refractivity contribution in [3.05, 3.63) is 0 Å². The Morgan fingerprint density at radius 1 is 1.38 bits per heavy atom. The van der Waals surface area contributed by atoms with Crippen LogP contribution in [0.5, 0.6) is 0 Å². The van der Waals surface area contributed by atoms with E-state index in [1.54, 1.807) is 0 Å². The van der Waals surface area contributed by atoms with Crippen LogP contribution in [-0.4, -0.2) is 28.4 Å². The van der Waals surface area contributed by atoms with Crippen LogP contribution in [0.1, 0.15) is 32.6 Å². The van der Waals surface area contributed by atoms with E-state index in [1.807, 2.05) is 6.92 Å². The van der Waals surface area contributed by atoms with Crippen LogP contribution in [0.3, 0.4) is 0 Å². The quantitative estimate of drug-likeness (QED) is 0.285. The Kier molecular flexibility index (Phi) is 5.88. The number of carbonyl (C=O) groups excluding carboxylic acids is 1. The number of aliphatic carboxylic acids is 1. The van der Waals surface area contributed by atoms with Crippen LogP contribution in [-0.2, 0) is 14.3 Å². The summed E-state index contributed by atoms with van der Waals surface area (Å²) >= 11 is 0. The summed E-state index contributed by atoms with van der Waals surface area (Å²) in [5.74, 6) is -3.10. The average molecular weight is 190 g/mol. The van der Waals surface area contributed by atoms with E-state index in [4.69, 9.17) is 10.2 Å². The van der Waals surface area contributed by atoms with Gasteiger partial charge in [0.2, 0.25) is 6.29 Å². The predicted octanol–water partition coefficient (Wildman–Crippen LogP) is 0.513. The molecule has 0 aromatic carbocycles. The summed E-state index contributed by atoms with van der Waals surface area (Å²) in [7, 11) is 0. The van der Waals surface area contributed by atoms with Crippen LogP contribution in [0, 0.1) is 0 Å². The first-order valence-corrected chi connectivity index (χ1v) is 4.20. The Balaban J connectivity index is 3.55. The highest BCUT2D eigenvalue weighted by atomic mass is 16.6. The third kappa shape index (κ3) is 6.10. The maximum absolute atomic E-state index is 10.4. The fourth-order valence-electron chi connectivity index (χ4n) is 0.802. The van der Waals surface area contributed by atoms with Crippen molar-refractivity contribution in [3.63, 3.8) is 0 Å². The number of hydrogen-bond acceptors (Lipinski definition) is 4. The minimum Gasteiger partial charge on any atom is -0.473 e. The highest BCUT2D eigenvalue weighted by Crippen LogP contribution is 2.04. The lowest BCUT2D eigenvalue weighted by Crippen LogP contribution is -2.23. The highest BCUT2D eigenvalue weighted by molar-refractivity contribution is 6.28. The van der Waals surface area contributed by atoms with E-state index in [0.717, 1.165) is 12.8 Å². The number of unbranched alkanes of at least 4 members (excludes halogenated alkanes) is 2. The molecule has 0 amide bonds. The van der Waals surface area contributed by atoms with E-state index in [2.05, 4.69) is 4.74 Å². The molecule has 0 aliphatic carbocycles. The maximum atomic E-state index is 10.4. The van der Waals surface area contributed by atoms with Crippen LogP contribution < -0.4 is 0 Å². The molecule has 0 fully saturated rings. The van der Waals surface area contributed by atoms with Crippen LogP contribution in [0.15, 0.2) is 0 Å². The van der Waals surface area contributed by atoms with Gasteiger partial charge in [-0.2, -0.15) is 0 Å². The topological polar surface area (TPSA) is 83.8 Å². The van der Waals surface area contributed by atoms with Crippen LogP contribution in [0.25, 0.3) is 0 Å². The summed E-state index contributed by atoms with van der Waals surface area (Å²) in [6.45, 7) is 2.00. The zero-order valence-electron chi connectivity index (χ0n) is 7.52. The summed E-state index contributed by atoms with van der Waals surface area (Å²) in [6, 6.07) is 0. The molecule has 13 heavy (non-hydrogen) atoms. The summed E-state index contributed by atoms with van der Waals surface area (Å²) in [5, 5.41) is 17.1. The molecule has 0 aromatic heterocycles. The van der Waals surface area contributed by atoms with E-state index in [9.17, 15) is 9.59 Å². The second-order valence-corrected chi connectivity index (χ2v) is 2.66. The van der Waals surface area contributed by atoms with Crippen molar-refractivity contribution in [3.8, 4) is 0 Å². The van der Waals surface area contributed by atoms with Crippen LogP contribution in [0.2, 0.25) is 0 Å². The van der Waals surface area contributed by atoms with Gasteiger partial charge in [0.25, 0.3) is 0 Å². The number of carboxylic acids is 1. The van der Waals surface area contributed by atoms with Gasteiger partial charge in [0.1, 0.15) is 0 Å². The van der Waals surface area contributed by atoms with E-state index in [1.165, 1.54) is 0 Å². The molecule has 0 bridgehead atoms. The third-order valence-corrected chi connectivity index (χ3v) is 1.47. The lowest BCUT2D eigenvalue weighted by Gasteiger charge is -2.09. The number of carboxylic acid groups (broad SMARTS) is 1. The zero-order chi connectivity index (χ0) is 10.3. The fraction of sp³-hybridized carbons (Fsp3) is 0.750. The van der Waals surface area contributed by atoms with Gasteiger partial charge in [-0.3, -0.25) is 0 Å². The van der Waals surface area contributed by atoms with Crippen molar-refractivity contribution in [2.75, 3.05) is 0 Å². The highest BCUT2D eigenvalue weighted by Gasteiger charge is 2.17. The second-order valence-electron chi connectivity index (χ2n) is 2.66. The van der Waals surface area contributed by atoms with Crippen molar-refractivity contribution in [1.82, 2.24) is 0 Å². The number of aliphatic hydroxyl groups excluding tert-OH is 1. The number of ether oxygens (including phenoxy) is 1. The number of hydrogen-bond donors (Lipinski definition) is 2. The standard InChI is InChI=1S/C8H14O5/c1-2-3-4-5-6(9)13-8(12)7(10)11/h6,9H,2-5H2,1H3,(H,10,11). The lowest BCUT2D eigenvalue weighted by atomic mass is 10.2. The van der Waals surface area contributed by atoms with Crippen LogP contribution in [0.4, 0.5) is 0 Å². The Morgan fingerprint density at radius 2 is 2.00 bits per heavy atom. The minimum atomic E-state index is -1.69. The number of aliphatic hydroxyl groups is 1. The van der Waals surface area contributed by atoms with E-state index >= 15 is 0 Å². The van der Waals surface area contributed by atoms with Gasteiger partial charge in [-0.15, -0.1) is 0 Å². The molecule has 0 heterocycles. The van der Waals surface area contributed by atoms with Crippen molar-refractivity contribution >= 4 is 11.9 Å². The SMILES string of the molecule is CCCCCC(O)OC(=O)C(=O)O. The lowest BCUT2D eigenvalue weighted by molar-refractivity contribution is -0.180. The molecule has 0 aliphatic rings. The van der Waals surface area contributed by atoms with Crippen molar-refractivity contribution in [1.29, 1.82) is 0 Å². The molecule has 2 N–H and O–H groups in total. The molecule has 0 saturated heterocycles. The maximum Gasteiger partial charge on any atom is 0.419 e. The number of rotatable bonds is 5. The van der Waals surface area contributed by atoms with Gasteiger partial charge in [0.15, 0.2) is 0 Å². The molecule has 5 heteroatoms.